The molecule has 0 fully saturated rings. The summed E-state index contributed by atoms with van der Waals surface area (Å²) in [7, 11) is 20.0. The number of nitrogens with zero attached hydrogens (tertiary/aromatic N) is 2. The van der Waals surface area contributed by atoms with Gasteiger partial charge in [0.25, 0.3) is 0 Å². The van der Waals surface area contributed by atoms with Crippen molar-refractivity contribution in [3.63, 3.8) is 0 Å². The summed E-state index contributed by atoms with van der Waals surface area (Å²) in [6.45, 7) is 0. The molecule has 19 heavy (non-hydrogen) atoms. The van der Waals surface area contributed by atoms with Crippen LogP contribution >= 0.6 is 60.9 Å². The molecule has 0 bridgehead atoms. The molecule has 110 valence electrons. The van der Waals surface area contributed by atoms with E-state index >= 15 is 0 Å². The van der Waals surface area contributed by atoms with Gasteiger partial charge in [0.1, 0.15) is 0 Å². The average Bonchev–Trinajstić information content (AvgIpc) is 2.29. The van der Waals surface area contributed by atoms with E-state index in [1.807, 2.05) is 0 Å². The summed E-state index contributed by atoms with van der Waals surface area (Å²) < 4.78 is 0. The van der Waals surface area contributed by atoms with Crippen molar-refractivity contribution in [3.8, 4) is 0 Å². The fraction of sp³-hybridized carbons (Fsp3) is 0. The Labute approximate surface area is 140 Å². The van der Waals surface area contributed by atoms with Crippen LogP contribution in [0.25, 0.3) is 0 Å². The van der Waals surface area contributed by atoms with E-state index in [9.17, 15) is 0 Å². The van der Waals surface area contributed by atoms with Crippen LogP contribution in [0.5, 0.6) is 0 Å². The normalized spacial score (nSPS) is 10.4. The Bertz CT molecular complexity index is 393. The summed E-state index contributed by atoms with van der Waals surface area (Å²) in [6.07, 6.45) is 6.62. The Morgan fingerprint density at radius 2 is 0.842 bits per heavy atom. The molecule has 0 amide bonds. The number of hydrogen-bond donors (Lipinski definition) is 0. The maximum atomic E-state index is 5.50. The van der Waals surface area contributed by atoms with Gasteiger partial charge in [-0.05, 0) is 24.3 Å². The van der Waals surface area contributed by atoms with Crippen LogP contribution in [-0.4, -0.2) is 9.97 Å². The third-order valence-corrected chi connectivity index (χ3v) is 1.78. The van der Waals surface area contributed by atoms with Crippen molar-refractivity contribution in [2.24, 2.45) is 0 Å². The van der Waals surface area contributed by atoms with Crippen LogP contribution in [0.3, 0.4) is 0 Å². The van der Waals surface area contributed by atoms with Gasteiger partial charge in [0.15, 0.2) is 0 Å². The Hall–Kier alpha value is 0.728. The minimum atomic E-state index is -3.06. The van der Waals surface area contributed by atoms with Gasteiger partial charge < -0.3 is 0 Å². The Kier molecular flexibility index (Phi) is 11.8. The van der Waals surface area contributed by atoms with E-state index in [2.05, 4.69) is 9.97 Å². The Morgan fingerprint density at radius 3 is 0.947 bits per heavy atom. The third kappa shape index (κ3) is 18.7. The molecule has 0 saturated carbocycles. The first kappa shape index (κ1) is 19.7. The van der Waals surface area contributed by atoms with Crippen LogP contribution < -0.4 is 0 Å². The van der Waals surface area contributed by atoms with Crippen molar-refractivity contribution in [2.45, 2.75) is 0 Å². The SMILES string of the molecule is Clc1ccncc1.Clc1ccncc1.[Cl][Pt]([Cl])([Cl])[Cl]. The quantitative estimate of drug-likeness (QED) is 0.380. The molecule has 0 unspecified atom stereocenters. The number of halogens is 6. The van der Waals surface area contributed by atoms with Crippen molar-refractivity contribution in [3.05, 3.63) is 59.1 Å². The van der Waals surface area contributed by atoms with Gasteiger partial charge in [0.05, 0.1) is 0 Å². The second kappa shape index (κ2) is 11.4. The van der Waals surface area contributed by atoms with Crippen LogP contribution in [-0.2, 0) is 11.9 Å². The molecule has 9 heteroatoms. The van der Waals surface area contributed by atoms with Gasteiger partial charge in [-0.25, -0.2) is 0 Å². The fourth-order valence-corrected chi connectivity index (χ4v) is 0.893. The first-order valence-electron chi connectivity index (χ1n) is 4.38. The van der Waals surface area contributed by atoms with E-state index in [0.29, 0.717) is 0 Å². The molecule has 0 N–H and O–H groups in total. The summed E-state index contributed by atoms with van der Waals surface area (Å²) in [5, 5.41) is 1.46. The number of pyridine rings is 2. The molecule has 2 nitrogen and oxygen atoms in total. The summed E-state index contributed by atoms with van der Waals surface area (Å²) >= 11 is 7.94. The molecule has 0 radical (unpaired) electrons. The zero-order valence-electron chi connectivity index (χ0n) is 9.10. The van der Waals surface area contributed by atoms with E-state index < -0.39 is 11.9 Å². The zero-order chi connectivity index (χ0) is 14.7. The molecule has 0 aliphatic rings. The van der Waals surface area contributed by atoms with E-state index in [-0.39, 0.29) is 0 Å². The van der Waals surface area contributed by atoms with Crippen LogP contribution in [0, 0.1) is 0 Å². The summed E-state index contributed by atoms with van der Waals surface area (Å²) in [4.78, 5) is 7.52. The Morgan fingerprint density at radius 1 is 0.632 bits per heavy atom. The van der Waals surface area contributed by atoms with Crippen LogP contribution in [0.15, 0.2) is 49.1 Å². The van der Waals surface area contributed by atoms with E-state index in [1.54, 1.807) is 49.1 Å². The number of hydrogen-bond acceptors (Lipinski definition) is 2. The molecule has 2 aromatic heterocycles. The molecule has 0 saturated heterocycles. The van der Waals surface area contributed by atoms with Gasteiger partial charge >= 0.3 is 49.6 Å². The Balaban J connectivity index is 0.000000261. The second-order valence-electron chi connectivity index (χ2n) is 2.60. The van der Waals surface area contributed by atoms with Crippen molar-refractivity contribution in [2.75, 3.05) is 0 Å². The molecule has 0 spiro atoms. The topological polar surface area (TPSA) is 25.8 Å². The maximum absolute atomic E-state index is 5.50. The van der Waals surface area contributed by atoms with E-state index in [1.165, 1.54) is 0 Å². The van der Waals surface area contributed by atoms with Gasteiger partial charge in [0, 0.05) is 34.8 Å². The van der Waals surface area contributed by atoms with Crippen molar-refractivity contribution < 1.29 is 11.9 Å². The van der Waals surface area contributed by atoms with Crippen molar-refractivity contribution in [1.82, 2.24) is 9.97 Å². The monoisotopic (exact) mass is 561 g/mol. The molecule has 0 aromatic carbocycles. The first-order valence-corrected chi connectivity index (χ1v) is 16.4. The molecule has 2 aromatic rings. The standard InChI is InChI=1S/2C5H4ClN.4ClH.Pt/c2*6-5-1-3-7-4-2-5;;;;;/h2*1-4H;4*1H;/q;;;;;;+4/p-4. The van der Waals surface area contributed by atoms with E-state index in [0.717, 1.165) is 10.0 Å². The van der Waals surface area contributed by atoms with Gasteiger partial charge in [-0.1, -0.05) is 23.2 Å². The van der Waals surface area contributed by atoms with Crippen LogP contribution in [0.4, 0.5) is 0 Å². The fourth-order valence-electron chi connectivity index (χ4n) is 0.667. The molecule has 2 heterocycles. The molecular formula is C10H8Cl6N2Pt. The molecule has 0 atom stereocenters. The number of rotatable bonds is 0. The third-order valence-electron chi connectivity index (χ3n) is 1.28. The average molecular weight is 564 g/mol. The molecule has 0 aliphatic heterocycles. The summed E-state index contributed by atoms with van der Waals surface area (Å²) in [6, 6.07) is 6.95. The molecule has 2 rings (SSSR count). The van der Waals surface area contributed by atoms with Gasteiger partial charge in [-0.3, -0.25) is 9.97 Å². The van der Waals surface area contributed by atoms with Gasteiger partial charge in [-0.2, -0.15) is 0 Å². The molecular weight excluding hydrogens is 556 g/mol. The second-order valence-corrected chi connectivity index (χ2v) is 23.2. The van der Waals surface area contributed by atoms with Gasteiger partial charge in [-0.15, -0.1) is 0 Å². The summed E-state index contributed by atoms with van der Waals surface area (Å²) in [5.41, 5.74) is 0. The predicted octanol–water partition coefficient (Wildman–Crippen LogP) is 6.23. The summed E-state index contributed by atoms with van der Waals surface area (Å²) in [5.74, 6) is 0. The first-order chi connectivity index (χ1) is 8.79. The van der Waals surface area contributed by atoms with Gasteiger partial charge in [0.2, 0.25) is 0 Å². The van der Waals surface area contributed by atoms with Crippen LogP contribution in [0.2, 0.25) is 10.0 Å². The minimum absolute atomic E-state index is 0.731. The van der Waals surface area contributed by atoms with Crippen molar-refractivity contribution >= 4 is 60.9 Å². The predicted molar refractivity (Wildman–Crippen MR) is 81.9 cm³/mol. The van der Waals surface area contributed by atoms with E-state index in [4.69, 9.17) is 60.9 Å². The number of aromatic nitrogens is 2. The molecule has 0 aliphatic carbocycles. The van der Waals surface area contributed by atoms with Crippen LogP contribution in [0.1, 0.15) is 0 Å². The zero-order valence-corrected chi connectivity index (χ0v) is 15.9. The van der Waals surface area contributed by atoms with Crippen molar-refractivity contribution in [1.29, 1.82) is 0 Å².